The molecule has 0 bridgehead atoms. The first-order valence-corrected chi connectivity index (χ1v) is 8.15. The average molecular weight is 370 g/mol. The van der Waals surface area contributed by atoms with E-state index < -0.39 is 17.7 Å². The van der Waals surface area contributed by atoms with Crippen molar-refractivity contribution in [2.75, 3.05) is 24.8 Å². The van der Waals surface area contributed by atoms with Gasteiger partial charge in [-0.05, 0) is 39.0 Å². The lowest BCUT2D eigenvalue weighted by Crippen LogP contribution is -2.34. The van der Waals surface area contributed by atoms with Crippen molar-refractivity contribution in [2.45, 2.75) is 26.4 Å². The zero-order valence-corrected chi connectivity index (χ0v) is 15.9. The fourth-order valence-electron chi connectivity index (χ4n) is 2.41. The summed E-state index contributed by atoms with van der Waals surface area (Å²) in [7, 11) is 2.82. The average Bonchev–Trinajstić information content (AvgIpc) is 2.95. The predicted octanol–water partition coefficient (Wildman–Crippen LogP) is 3.09. The molecule has 0 radical (unpaired) electrons. The van der Waals surface area contributed by atoms with E-state index in [2.05, 4.69) is 0 Å². The van der Waals surface area contributed by atoms with Crippen molar-refractivity contribution in [1.82, 2.24) is 4.57 Å². The first-order chi connectivity index (χ1) is 12.6. The zero-order chi connectivity index (χ0) is 20.4. The molecule has 8 heteroatoms. The van der Waals surface area contributed by atoms with Crippen molar-refractivity contribution >= 4 is 23.4 Å². The van der Waals surface area contributed by atoms with Crippen molar-refractivity contribution in [2.24, 2.45) is 0 Å². The molecular formula is C19H22N4O4. The Morgan fingerprint density at radius 3 is 2.52 bits per heavy atom. The molecule has 0 spiro atoms. The number of carbonyl (C=O) groups is 2. The van der Waals surface area contributed by atoms with Crippen LogP contribution < -0.4 is 10.6 Å². The summed E-state index contributed by atoms with van der Waals surface area (Å²) in [4.78, 5) is 25.8. The molecule has 27 heavy (non-hydrogen) atoms. The van der Waals surface area contributed by atoms with E-state index in [0.717, 1.165) is 0 Å². The van der Waals surface area contributed by atoms with Gasteiger partial charge in [-0.3, -0.25) is 4.90 Å². The molecule has 0 saturated heterocycles. The van der Waals surface area contributed by atoms with Crippen LogP contribution in [0.3, 0.4) is 0 Å². The second-order valence-electron chi connectivity index (χ2n) is 6.84. The van der Waals surface area contributed by atoms with Gasteiger partial charge in [0.1, 0.15) is 11.7 Å². The molecule has 2 rings (SSSR count). The molecule has 1 amide bonds. The summed E-state index contributed by atoms with van der Waals surface area (Å²) in [5.74, 6) is -0.667. The van der Waals surface area contributed by atoms with Crippen LogP contribution in [0.1, 0.15) is 36.8 Å². The molecule has 1 aromatic carbocycles. The number of hydrogen-bond acceptors (Lipinski definition) is 6. The van der Waals surface area contributed by atoms with E-state index in [-0.39, 0.29) is 16.9 Å². The number of nitrogens with zero attached hydrogens (tertiary/aromatic N) is 3. The molecule has 2 aromatic rings. The molecule has 0 unspecified atom stereocenters. The Kier molecular flexibility index (Phi) is 5.45. The van der Waals surface area contributed by atoms with Gasteiger partial charge in [-0.1, -0.05) is 6.07 Å². The number of aromatic nitrogens is 1. The van der Waals surface area contributed by atoms with Gasteiger partial charge < -0.3 is 19.8 Å². The number of rotatable bonds is 3. The number of amides is 1. The monoisotopic (exact) mass is 370 g/mol. The Labute approximate surface area is 157 Å². The van der Waals surface area contributed by atoms with E-state index in [1.165, 1.54) is 22.8 Å². The molecule has 0 aliphatic rings. The number of esters is 1. The van der Waals surface area contributed by atoms with E-state index >= 15 is 0 Å². The van der Waals surface area contributed by atoms with E-state index in [1.807, 2.05) is 6.07 Å². The number of benzene rings is 1. The largest absolute Gasteiger partial charge is 0.464 e. The number of nitriles is 1. The highest BCUT2D eigenvalue weighted by Crippen LogP contribution is 2.27. The van der Waals surface area contributed by atoms with Crippen molar-refractivity contribution in [1.29, 1.82) is 5.26 Å². The van der Waals surface area contributed by atoms with E-state index in [9.17, 15) is 14.9 Å². The minimum absolute atomic E-state index is 0.0373. The maximum atomic E-state index is 12.3. The SMILES string of the molecule is COC(=O)c1c(N)c(C#N)cn1-c1cccc(N(C)C(=O)OC(C)(C)C)c1. The second kappa shape index (κ2) is 7.41. The standard InChI is InChI=1S/C19H22N4O4/c1-19(2,3)27-18(25)22(4)13-7-6-8-14(9-13)23-11-12(10-20)15(21)16(23)17(24)26-5/h6-9,11H,21H2,1-5H3. The first-order valence-electron chi connectivity index (χ1n) is 8.15. The minimum atomic E-state index is -0.667. The van der Waals surface area contributed by atoms with Gasteiger partial charge in [0.15, 0.2) is 5.69 Å². The molecule has 1 aromatic heterocycles. The van der Waals surface area contributed by atoms with Crippen molar-refractivity contribution in [3.63, 3.8) is 0 Å². The topological polar surface area (TPSA) is 111 Å². The number of anilines is 2. The number of nitrogen functional groups attached to an aromatic ring is 1. The van der Waals surface area contributed by atoms with Gasteiger partial charge in [0, 0.05) is 24.6 Å². The molecule has 0 atom stereocenters. The second-order valence-corrected chi connectivity index (χ2v) is 6.84. The van der Waals surface area contributed by atoms with Gasteiger partial charge in [-0.25, -0.2) is 9.59 Å². The van der Waals surface area contributed by atoms with Crippen LogP contribution in [0, 0.1) is 11.3 Å². The molecule has 0 fully saturated rings. The third-order valence-electron chi connectivity index (χ3n) is 3.71. The summed E-state index contributed by atoms with van der Waals surface area (Å²) >= 11 is 0. The number of nitrogens with two attached hydrogens (primary N) is 1. The highest BCUT2D eigenvalue weighted by molar-refractivity contribution is 5.96. The number of ether oxygens (including phenoxy) is 2. The van der Waals surface area contributed by atoms with Crippen molar-refractivity contribution < 1.29 is 19.1 Å². The Hall–Kier alpha value is -3.47. The van der Waals surface area contributed by atoms with Crippen LogP contribution in [-0.2, 0) is 9.47 Å². The van der Waals surface area contributed by atoms with Crippen LogP contribution in [0.2, 0.25) is 0 Å². The maximum Gasteiger partial charge on any atom is 0.414 e. The quantitative estimate of drug-likeness (QED) is 0.831. The molecular weight excluding hydrogens is 348 g/mol. The summed E-state index contributed by atoms with van der Waals surface area (Å²) < 4.78 is 11.6. The smallest absolute Gasteiger partial charge is 0.414 e. The predicted molar refractivity (Wildman–Crippen MR) is 101 cm³/mol. The molecule has 1 heterocycles. The van der Waals surface area contributed by atoms with Gasteiger partial charge in [0.25, 0.3) is 0 Å². The first kappa shape index (κ1) is 19.8. The summed E-state index contributed by atoms with van der Waals surface area (Å²) in [5.41, 5.74) is 6.61. The van der Waals surface area contributed by atoms with E-state index in [4.69, 9.17) is 15.2 Å². The fraction of sp³-hybridized carbons (Fsp3) is 0.316. The Morgan fingerprint density at radius 2 is 1.96 bits per heavy atom. The van der Waals surface area contributed by atoms with Crippen LogP contribution in [-0.4, -0.2) is 36.4 Å². The number of carbonyl (C=O) groups excluding carboxylic acids is 2. The molecule has 8 nitrogen and oxygen atoms in total. The van der Waals surface area contributed by atoms with Crippen LogP contribution >= 0.6 is 0 Å². The highest BCUT2D eigenvalue weighted by Gasteiger charge is 2.23. The fourth-order valence-corrected chi connectivity index (χ4v) is 2.41. The molecule has 0 saturated carbocycles. The molecule has 142 valence electrons. The van der Waals surface area contributed by atoms with Gasteiger partial charge in [-0.2, -0.15) is 5.26 Å². The van der Waals surface area contributed by atoms with Gasteiger partial charge >= 0.3 is 12.1 Å². The van der Waals surface area contributed by atoms with E-state index in [0.29, 0.717) is 11.4 Å². The Morgan fingerprint density at radius 1 is 1.30 bits per heavy atom. The Bertz CT molecular complexity index is 919. The zero-order valence-electron chi connectivity index (χ0n) is 15.9. The number of hydrogen-bond donors (Lipinski definition) is 1. The lowest BCUT2D eigenvalue weighted by molar-refractivity contribution is 0.0580. The molecule has 0 aliphatic heterocycles. The van der Waals surface area contributed by atoms with Crippen LogP contribution in [0.25, 0.3) is 5.69 Å². The van der Waals surface area contributed by atoms with Crippen molar-refractivity contribution in [3.05, 3.63) is 41.7 Å². The summed E-state index contributed by atoms with van der Waals surface area (Å²) in [6.07, 6.45) is 0.936. The highest BCUT2D eigenvalue weighted by atomic mass is 16.6. The summed E-state index contributed by atoms with van der Waals surface area (Å²) in [6.45, 7) is 5.34. The van der Waals surface area contributed by atoms with Gasteiger partial charge in [0.05, 0.1) is 18.4 Å². The number of methoxy groups -OCH3 is 1. The van der Waals surface area contributed by atoms with Crippen molar-refractivity contribution in [3.8, 4) is 11.8 Å². The normalized spacial score (nSPS) is 10.8. The summed E-state index contributed by atoms with van der Waals surface area (Å²) in [5, 5.41) is 9.22. The van der Waals surface area contributed by atoms with Crippen LogP contribution in [0.15, 0.2) is 30.5 Å². The third kappa shape index (κ3) is 4.20. The lowest BCUT2D eigenvalue weighted by Gasteiger charge is -2.25. The van der Waals surface area contributed by atoms with Crippen LogP contribution in [0.5, 0.6) is 0 Å². The minimum Gasteiger partial charge on any atom is -0.464 e. The van der Waals surface area contributed by atoms with Gasteiger partial charge in [0.2, 0.25) is 0 Å². The molecule has 0 aliphatic carbocycles. The third-order valence-corrected chi connectivity index (χ3v) is 3.71. The maximum absolute atomic E-state index is 12.3. The lowest BCUT2D eigenvalue weighted by atomic mass is 10.2. The molecule has 2 N–H and O–H groups in total. The summed E-state index contributed by atoms with van der Waals surface area (Å²) in [6, 6.07) is 8.79. The Balaban J connectivity index is 2.48. The van der Waals surface area contributed by atoms with Crippen LogP contribution in [0.4, 0.5) is 16.2 Å². The van der Waals surface area contributed by atoms with E-state index in [1.54, 1.807) is 52.1 Å². The van der Waals surface area contributed by atoms with Gasteiger partial charge in [-0.15, -0.1) is 0 Å².